The summed E-state index contributed by atoms with van der Waals surface area (Å²) in [6.45, 7) is 0. The topological polar surface area (TPSA) is 70.5 Å². The zero-order chi connectivity index (χ0) is 13.3. The highest BCUT2D eigenvalue weighted by atomic mass is 79.9. The summed E-state index contributed by atoms with van der Waals surface area (Å²) in [5.74, 6) is 1.19. The Hall–Kier alpha value is -1.40. The van der Waals surface area contributed by atoms with Crippen LogP contribution in [0.25, 0.3) is 11.3 Å². The zero-order valence-corrected chi connectivity index (χ0v) is 12.0. The standard InChI is InChI=1S/C11H10BrClN2O3/c1-16-10-5(12)3-6(13)9(11(10)17-2)7-4-8(14)18-15-7/h3-4H,14H2,1-2H3. The van der Waals surface area contributed by atoms with Crippen molar-refractivity contribution in [2.45, 2.75) is 0 Å². The minimum Gasteiger partial charge on any atom is -0.492 e. The molecule has 1 heterocycles. The van der Waals surface area contributed by atoms with Crippen molar-refractivity contribution in [2.75, 3.05) is 20.0 Å². The molecule has 18 heavy (non-hydrogen) atoms. The van der Waals surface area contributed by atoms with Crippen molar-refractivity contribution < 1.29 is 14.0 Å². The molecule has 1 aromatic heterocycles. The van der Waals surface area contributed by atoms with Crippen molar-refractivity contribution in [1.29, 1.82) is 0 Å². The van der Waals surface area contributed by atoms with Crippen molar-refractivity contribution in [1.82, 2.24) is 5.16 Å². The Morgan fingerprint density at radius 1 is 1.28 bits per heavy atom. The van der Waals surface area contributed by atoms with Gasteiger partial charge in [0.1, 0.15) is 5.69 Å². The fourth-order valence-electron chi connectivity index (χ4n) is 1.61. The molecule has 2 aromatic rings. The van der Waals surface area contributed by atoms with E-state index in [4.69, 9.17) is 31.3 Å². The Morgan fingerprint density at radius 2 is 1.94 bits per heavy atom. The minimum atomic E-state index is 0.199. The molecule has 0 aliphatic rings. The molecule has 2 rings (SSSR count). The average molecular weight is 334 g/mol. The van der Waals surface area contributed by atoms with E-state index in [0.29, 0.717) is 32.3 Å². The highest BCUT2D eigenvalue weighted by Gasteiger charge is 2.21. The van der Waals surface area contributed by atoms with Gasteiger partial charge in [0.2, 0.25) is 5.88 Å². The molecule has 0 aliphatic carbocycles. The van der Waals surface area contributed by atoms with Crippen molar-refractivity contribution in [3.8, 4) is 22.8 Å². The molecule has 96 valence electrons. The van der Waals surface area contributed by atoms with Gasteiger partial charge in [0, 0.05) is 6.07 Å². The van der Waals surface area contributed by atoms with Crippen LogP contribution in [0.1, 0.15) is 0 Å². The van der Waals surface area contributed by atoms with Gasteiger partial charge in [0.05, 0.1) is 29.3 Å². The third-order valence-electron chi connectivity index (χ3n) is 2.34. The third kappa shape index (κ3) is 2.13. The molecular weight excluding hydrogens is 323 g/mol. The molecule has 0 radical (unpaired) electrons. The molecule has 0 fully saturated rings. The van der Waals surface area contributed by atoms with Crippen LogP contribution in [-0.2, 0) is 0 Å². The van der Waals surface area contributed by atoms with Crippen LogP contribution < -0.4 is 15.2 Å². The van der Waals surface area contributed by atoms with Crippen LogP contribution in [0.5, 0.6) is 11.5 Å². The molecule has 0 amide bonds. The van der Waals surface area contributed by atoms with Gasteiger partial charge in [0.15, 0.2) is 11.5 Å². The summed E-state index contributed by atoms with van der Waals surface area (Å²) in [5, 5.41) is 4.28. The normalized spacial score (nSPS) is 10.4. The highest BCUT2D eigenvalue weighted by Crippen LogP contribution is 2.46. The molecule has 0 saturated carbocycles. The number of rotatable bonds is 3. The first-order valence-corrected chi connectivity index (χ1v) is 6.08. The zero-order valence-electron chi connectivity index (χ0n) is 9.66. The van der Waals surface area contributed by atoms with Crippen LogP contribution in [0.2, 0.25) is 5.02 Å². The summed E-state index contributed by atoms with van der Waals surface area (Å²) in [7, 11) is 3.06. The lowest BCUT2D eigenvalue weighted by atomic mass is 10.1. The van der Waals surface area contributed by atoms with E-state index in [2.05, 4.69) is 21.1 Å². The van der Waals surface area contributed by atoms with Crippen LogP contribution in [0.3, 0.4) is 0 Å². The number of nitrogen functional groups attached to an aromatic ring is 1. The lowest BCUT2D eigenvalue weighted by Crippen LogP contribution is -1.95. The molecule has 7 heteroatoms. The SMILES string of the molecule is COc1c(Br)cc(Cl)c(-c2cc(N)on2)c1OC. The van der Waals surface area contributed by atoms with E-state index in [0.717, 1.165) is 0 Å². The van der Waals surface area contributed by atoms with E-state index in [9.17, 15) is 0 Å². The highest BCUT2D eigenvalue weighted by molar-refractivity contribution is 9.10. The Labute approximate surface area is 117 Å². The van der Waals surface area contributed by atoms with Crippen molar-refractivity contribution in [3.05, 3.63) is 21.6 Å². The van der Waals surface area contributed by atoms with Crippen molar-refractivity contribution in [3.63, 3.8) is 0 Å². The molecule has 2 N–H and O–H groups in total. The second-order valence-electron chi connectivity index (χ2n) is 3.40. The van der Waals surface area contributed by atoms with Gasteiger partial charge >= 0.3 is 0 Å². The molecule has 1 aromatic carbocycles. The molecule has 0 saturated heterocycles. The Morgan fingerprint density at radius 3 is 2.44 bits per heavy atom. The van der Waals surface area contributed by atoms with E-state index < -0.39 is 0 Å². The molecular formula is C11H10BrClN2O3. The van der Waals surface area contributed by atoms with Gasteiger partial charge in [-0.3, -0.25) is 0 Å². The predicted octanol–water partition coefficient (Wildman–Crippen LogP) is 3.36. The first-order valence-electron chi connectivity index (χ1n) is 4.91. The van der Waals surface area contributed by atoms with Crippen LogP contribution >= 0.6 is 27.5 Å². The smallest absolute Gasteiger partial charge is 0.222 e. The number of anilines is 1. The minimum absolute atomic E-state index is 0.199. The number of ether oxygens (including phenoxy) is 2. The summed E-state index contributed by atoms with van der Waals surface area (Å²) < 4.78 is 16.1. The van der Waals surface area contributed by atoms with Gasteiger partial charge in [-0.05, 0) is 22.0 Å². The molecule has 0 unspecified atom stereocenters. The van der Waals surface area contributed by atoms with E-state index in [1.807, 2.05) is 0 Å². The molecule has 0 bridgehead atoms. The summed E-state index contributed by atoms with van der Waals surface area (Å²) in [5.41, 5.74) is 6.56. The Kier molecular flexibility index (Phi) is 3.68. The Bertz CT molecular complexity index is 586. The first kappa shape index (κ1) is 13.0. The molecule has 0 spiro atoms. The van der Waals surface area contributed by atoms with Crippen LogP contribution in [0.4, 0.5) is 5.88 Å². The lowest BCUT2D eigenvalue weighted by molar-refractivity contribution is 0.354. The quantitative estimate of drug-likeness (QED) is 0.932. The van der Waals surface area contributed by atoms with E-state index in [-0.39, 0.29) is 5.88 Å². The van der Waals surface area contributed by atoms with E-state index >= 15 is 0 Å². The fourth-order valence-corrected chi connectivity index (χ4v) is 2.60. The second-order valence-corrected chi connectivity index (χ2v) is 4.66. The lowest BCUT2D eigenvalue weighted by Gasteiger charge is -2.14. The van der Waals surface area contributed by atoms with Gasteiger partial charge < -0.3 is 19.7 Å². The van der Waals surface area contributed by atoms with Crippen molar-refractivity contribution in [2.24, 2.45) is 0 Å². The van der Waals surface area contributed by atoms with Gasteiger partial charge in [-0.25, -0.2) is 0 Å². The third-order valence-corrected chi connectivity index (χ3v) is 3.22. The van der Waals surface area contributed by atoms with Crippen LogP contribution in [0.15, 0.2) is 21.1 Å². The van der Waals surface area contributed by atoms with Gasteiger partial charge in [-0.1, -0.05) is 16.8 Å². The number of methoxy groups -OCH3 is 2. The largest absolute Gasteiger partial charge is 0.492 e. The summed E-state index contributed by atoms with van der Waals surface area (Å²) in [6, 6.07) is 3.26. The van der Waals surface area contributed by atoms with E-state index in [1.54, 1.807) is 12.1 Å². The predicted molar refractivity (Wildman–Crippen MR) is 72.2 cm³/mol. The number of benzene rings is 1. The maximum atomic E-state index is 6.20. The number of nitrogens with two attached hydrogens (primary N) is 1. The number of hydrogen-bond acceptors (Lipinski definition) is 5. The number of aromatic nitrogens is 1. The molecule has 0 aliphatic heterocycles. The van der Waals surface area contributed by atoms with E-state index in [1.165, 1.54) is 14.2 Å². The fraction of sp³-hybridized carbons (Fsp3) is 0.182. The van der Waals surface area contributed by atoms with Crippen LogP contribution in [-0.4, -0.2) is 19.4 Å². The maximum absolute atomic E-state index is 6.20. The first-order chi connectivity index (χ1) is 8.58. The maximum Gasteiger partial charge on any atom is 0.222 e. The number of hydrogen-bond donors (Lipinski definition) is 1. The summed E-state index contributed by atoms with van der Waals surface area (Å²) in [4.78, 5) is 0. The summed E-state index contributed by atoms with van der Waals surface area (Å²) >= 11 is 9.55. The number of halogens is 2. The van der Waals surface area contributed by atoms with Gasteiger partial charge in [-0.15, -0.1) is 0 Å². The monoisotopic (exact) mass is 332 g/mol. The molecule has 0 atom stereocenters. The average Bonchev–Trinajstić information content (AvgIpc) is 2.74. The van der Waals surface area contributed by atoms with Gasteiger partial charge in [0.25, 0.3) is 0 Å². The Balaban J connectivity index is 2.73. The summed E-state index contributed by atoms with van der Waals surface area (Å²) in [6.07, 6.45) is 0. The molecule has 5 nitrogen and oxygen atoms in total. The van der Waals surface area contributed by atoms with Crippen LogP contribution in [0, 0.1) is 0 Å². The second kappa shape index (κ2) is 5.07. The van der Waals surface area contributed by atoms with Gasteiger partial charge in [-0.2, -0.15) is 0 Å². The van der Waals surface area contributed by atoms with Crippen molar-refractivity contribution >= 4 is 33.4 Å². The number of nitrogens with zero attached hydrogens (tertiary/aromatic N) is 1.